The zero-order valence-electron chi connectivity index (χ0n) is 8.77. The van der Waals surface area contributed by atoms with E-state index in [-0.39, 0.29) is 0 Å². The molecule has 0 aliphatic carbocycles. The molecule has 0 unspecified atom stereocenters. The second kappa shape index (κ2) is 5.87. The first-order chi connectivity index (χ1) is 7.73. The summed E-state index contributed by atoms with van der Waals surface area (Å²) in [5, 5.41) is 0. The average Bonchev–Trinajstić information content (AvgIpc) is 2.12. The first-order valence-electron chi connectivity index (χ1n) is 4.00. The molecule has 0 saturated carbocycles. The van der Waals surface area contributed by atoms with Gasteiger partial charge in [-0.3, -0.25) is 14.4 Å². The number of ether oxygens (including phenoxy) is 3. The molecule has 0 aliphatic rings. The van der Waals surface area contributed by atoms with E-state index in [4.69, 9.17) is 0 Å². The van der Waals surface area contributed by atoms with Crippen molar-refractivity contribution < 1.29 is 38.0 Å². The highest BCUT2D eigenvalue weighted by Crippen LogP contribution is 2.18. The number of hydrogen-bond acceptors (Lipinski definition) is 8. The van der Waals surface area contributed by atoms with Crippen molar-refractivity contribution in [1.29, 1.82) is 0 Å². The van der Waals surface area contributed by atoms with Gasteiger partial charge in [0, 0.05) is 20.8 Å². The summed E-state index contributed by atoms with van der Waals surface area (Å²) in [5.74, 6) is -6.93. The van der Waals surface area contributed by atoms with E-state index in [1.807, 2.05) is 0 Å². The molecule has 0 fully saturated rings. The number of hydrogen-bond donors (Lipinski definition) is 0. The SMILES string of the molecule is [BH3-]OC(=O)C(OC(C)=O)(OC(C)=O)OC(C)=O. The molecule has 0 heterocycles. The second-order valence-electron chi connectivity index (χ2n) is 2.62. The molecule has 0 aromatic carbocycles. The van der Waals surface area contributed by atoms with Crippen molar-refractivity contribution in [2.24, 2.45) is 0 Å². The first kappa shape index (κ1) is 14.9. The molecular formula is C8H12BO8-. The third-order valence-electron chi connectivity index (χ3n) is 1.08. The lowest BCUT2D eigenvalue weighted by molar-refractivity contribution is -0.316. The van der Waals surface area contributed by atoms with Crippen LogP contribution in [0.1, 0.15) is 20.8 Å². The standard InChI is InChI=1S/C8H12BO8/c1-4(10)14-8(7(13)17-9,15-5(2)11)16-6(3)12/h1-3,9H3/q-1. The van der Waals surface area contributed by atoms with Gasteiger partial charge in [-0.25, -0.2) is 4.79 Å². The molecule has 8 nitrogen and oxygen atoms in total. The molecule has 0 radical (unpaired) electrons. The van der Waals surface area contributed by atoms with Crippen LogP contribution in [0.15, 0.2) is 0 Å². The lowest BCUT2D eigenvalue weighted by atomic mass is 10.4. The van der Waals surface area contributed by atoms with Gasteiger partial charge in [0.25, 0.3) is 0 Å². The van der Waals surface area contributed by atoms with Crippen LogP contribution >= 0.6 is 0 Å². The molecule has 0 spiro atoms. The normalized spacial score (nSPS) is 10.1. The Kier molecular flexibility index (Phi) is 5.16. The molecule has 0 saturated heterocycles. The van der Waals surface area contributed by atoms with Crippen molar-refractivity contribution in [1.82, 2.24) is 0 Å². The van der Waals surface area contributed by atoms with Crippen LogP contribution < -0.4 is 0 Å². The molecule has 0 aromatic heterocycles. The third kappa shape index (κ3) is 4.54. The molecule has 0 bridgehead atoms. The van der Waals surface area contributed by atoms with E-state index >= 15 is 0 Å². The van der Waals surface area contributed by atoms with Crippen molar-refractivity contribution in [3.8, 4) is 0 Å². The fraction of sp³-hybridized carbons (Fsp3) is 0.500. The Morgan fingerprint density at radius 3 is 1.29 bits per heavy atom. The fourth-order valence-corrected chi connectivity index (χ4v) is 0.755. The van der Waals surface area contributed by atoms with E-state index < -0.39 is 37.9 Å². The zero-order chi connectivity index (χ0) is 13.6. The van der Waals surface area contributed by atoms with E-state index in [1.165, 1.54) is 0 Å². The Morgan fingerprint density at radius 1 is 0.824 bits per heavy atom. The Balaban J connectivity index is 5.33. The fourth-order valence-electron chi connectivity index (χ4n) is 0.755. The Bertz CT molecular complexity index is 309. The smallest absolute Gasteiger partial charge is 0.525 e. The maximum Gasteiger partial charge on any atom is 0.525 e. The highest BCUT2D eigenvalue weighted by molar-refractivity contribution is 6.07. The summed E-state index contributed by atoms with van der Waals surface area (Å²) in [6.07, 6.45) is 0. The van der Waals surface area contributed by atoms with Crippen molar-refractivity contribution in [2.45, 2.75) is 26.7 Å². The summed E-state index contributed by atoms with van der Waals surface area (Å²) >= 11 is 0. The van der Waals surface area contributed by atoms with E-state index in [0.717, 1.165) is 20.8 Å². The largest absolute Gasteiger partial charge is 0.688 e. The Morgan fingerprint density at radius 2 is 1.12 bits per heavy atom. The number of rotatable bonds is 4. The monoisotopic (exact) mass is 247 g/mol. The topological polar surface area (TPSA) is 105 Å². The lowest BCUT2D eigenvalue weighted by Gasteiger charge is -2.28. The molecule has 0 N–H and O–H groups in total. The number of carbonyl (C=O) groups is 4. The zero-order valence-corrected chi connectivity index (χ0v) is 8.77. The van der Waals surface area contributed by atoms with Crippen LogP contribution in [0.4, 0.5) is 0 Å². The van der Waals surface area contributed by atoms with Crippen molar-refractivity contribution in [3.05, 3.63) is 0 Å². The number of carbonyl (C=O) groups excluding carboxylic acids is 4. The molecule has 17 heavy (non-hydrogen) atoms. The minimum absolute atomic E-state index is 0.874. The summed E-state index contributed by atoms with van der Waals surface area (Å²) in [6.45, 7) is 2.87. The maximum atomic E-state index is 11.4. The van der Waals surface area contributed by atoms with E-state index in [0.29, 0.717) is 0 Å². The van der Waals surface area contributed by atoms with Crippen LogP contribution in [0, 0.1) is 0 Å². The molecule has 0 rings (SSSR count). The van der Waals surface area contributed by atoms with Gasteiger partial charge in [0.1, 0.15) is 8.05 Å². The van der Waals surface area contributed by atoms with Crippen molar-refractivity contribution in [3.63, 3.8) is 0 Å². The highest BCUT2D eigenvalue weighted by Gasteiger charge is 2.50. The molecular weight excluding hydrogens is 235 g/mol. The summed E-state index contributed by atoms with van der Waals surface area (Å²) < 4.78 is 17.9. The van der Waals surface area contributed by atoms with Gasteiger partial charge in [-0.05, 0) is 0 Å². The van der Waals surface area contributed by atoms with Crippen molar-refractivity contribution in [2.75, 3.05) is 0 Å². The van der Waals surface area contributed by atoms with Gasteiger partial charge in [-0.1, -0.05) is 0 Å². The lowest BCUT2D eigenvalue weighted by Crippen LogP contribution is -2.51. The average molecular weight is 247 g/mol. The molecule has 96 valence electrons. The van der Waals surface area contributed by atoms with E-state index in [2.05, 4.69) is 18.9 Å². The van der Waals surface area contributed by atoms with Crippen LogP contribution in [0.5, 0.6) is 0 Å². The van der Waals surface area contributed by atoms with Crippen LogP contribution in [0.3, 0.4) is 0 Å². The molecule has 0 aromatic rings. The highest BCUT2D eigenvalue weighted by atomic mass is 16.9. The van der Waals surface area contributed by atoms with Gasteiger partial charge >= 0.3 is 29.9 Å². The predicted octanol–water partition coefficient (Wildman–Crippen LogP) is -1.85. The van der Waals surface area contributed by atoms with Crippen LogP contribution in [-0.4, -0.2) is 37.9 Å². The van der Waals surface area contributed by atoms with Gasteiger partial charge < -0.3 is 18.9 Å². The summed E-state index contributed by atoms with van der Waals surface area (Å²) in [7, 11) is -0.874. The maximum absolute atomic E-state index is 11.4. The third-order valence-corrected chi connectivity index (χ3v) is 1.08. The quantitative estimate of drug-likeness (QED) is 0.324. The minimum atomic E-state index is -2.77. The molecule has 0 atom stereocenters. The van der Waals surface area contributed by atoms with E-state index in [1.54, 1.807) is 0 Å². The Hall–Kier alpha value is -2.06. The van der Waals surface area contributed by atoms with Crippen LogP contribution in [0.2, 0.25) is 0 Å². The molecule has 0 amide bonds. The van der Waals surface area contributed by atoms with Crippen molar-refractivity contribution >= 4 is 31.9 Å². The van der Waals surface area contributed by atoms with Gasteiger partial charge in [-0.15, -0.1) is 0 Å². The van der Waals surface area contributed by atoms with Gasteiger partial charge in [0.05, 0.1) is 0 Å². The summed E-state index contributed by atoms with van der Waals surface area (Å²) in [6, 6.07) is 0. The van der Waals surface area contributed by atoms with Crippen LogP contribution in [-0.2, 0) is 38.0 Å². The summed E-state index contributed by atoms with van der Waals surface area (Å²) in [4.78, 5) is 44.0. The van der Waals surface area contributed by atoms with Gasteiger partial charge in [0.2, 0.25) is 0 Å². The molecule has 9 heteroatoms. The minimum Gasteiger partial charge on any atom is -0.688 e. The Labute approximate surface area is 97.6 Å². The second-order valence-corrected chi connectivity index (χ2v) is 2.62. The van der Waals surface area contributed by atoms with Gasteiger partial charge in [-0.2, -0.15) is 0 Å². The first-order valence-corrected chi connectivity index (χ1v) is 4.00. The number of esters is 3. The molecule has 0 aliphatic heterocycles. The van der Waals surface area contributed by atoms with Gasteiger partial charge in [0.15, 0.2) is 0 Å². The van der Waals surface area contributed by atoms with Crippen LogP contribution in [0.25, 0.3) is 0 Å². The summed E-state index contributed by atoms with van der Waals surface area (Å²) in [5.41, 5.74) is 0. The predicted molar refractivity (Wildman–Crippen MR) is 54.1 cm³/mol. The van der Waals surface area contributed by atoms with E-state index in [9.17, 15) is 19.2 Å².